The van der Waals surface area contributed by atoms with Crippen molar-refractivity contribution in [2.45, 2.75) is 57.8 Å². The van der Waals surface area contributed by atoms with Crippen LogP contribution in [-0.4, -0.2) is 23.8 Å². The summed E-state index contributed by atoms with van der Waals surface area (Å²) in [7, 11) is 0. The molecule has 27 heavy (non-hydrogen) atoms. The van der Waals surface area contributed by atoms with E-state index in [0.717, 1.165) is 23.4 Å². The molecule has 0 bridgehead atoms. The lowest BCUT2D eigenvalue weighted by molar-refractivity contribution is -0.0301. The molecule has 3 heterocycles. The van der Waals surface area contributed by atoms with E-state index < -0.39 is 5.85 Å². The average molecular weight is 385 g/mol. The molecule has 3 N–H and O–H groups in total. The van der Waals surface area contributed by atoms with Gasteiger partial charge in [0, 0.05) is 40.7 Å². The number of aliphatic imine (C=N–C) groups is 1. The summed E-state index contributed by atoms with van der Waals surface area (Å²) in [6.45, 7) is 4.81. The molecule has 0 saturated carbocycles. The van der Waals surface area contributed by atoms with Gasteiger partial charge in [-0.15, -0.1) is 11.3 Å². The van der Waals surface area contributed by atoms with Crippen molar-refractivity contribution >= 4 is 22.6 Å². The van der Waals surface area contributed by atoms with Gasteiger partial charge in [0.1, 0.15) is 5.00 Å². The minimum atomic E-state index is -0.933. The highest BCUT2D eigenvalue weighted by Gasteiger charge is 2.38. The van der Waals surface area contributed by atoms with Gasteiger partial charge in [0.25, 0.3) is 5.85 Å². The second-order valence-corrected chi connectivity index (χ2v) is 9.02. The fourth-order valence-electron chi connectivity index (χ4n) is 3.94. The van der Waals surface area contributed by atoms with Gasteiger partial charge >= 0.3 is 0 Å². The van der Waals surface area contributed by atoms with Crippen molar-refractivity contribution in [2.75, 3.05) is 11.9 Å². The van der Waals surface area contributed by atoms with Crippen LogP contribution in [0.1, 0.15) is 54.7 Å². The molecule has 2 aromatic rings. The van der Waals surface area contributed by atoms with Gasteiger partial charge in [-0.05, 0) is 55.7 Å². The van der Waals surface area contributed by atoms with Crippen molar-refractivity contribution in [2.24, 2.45) is 16.6 Å². The van der Waals surface area contributed by atoms with Crippen LogP contribution in [0.2, 0.25) is 0 Å². The van der Waals surface area contributed by atoms with Gasteiger partial charge < -0.3 is 15.8 Å². The molecule has 5 nitrogen and oxygen atoms in total. The van der Waals surface area contributed by atoms with E-state index in [4.69, 9.17) is 15.5 Å². The number of aryl methyl sites for hydroxylation is 1. The third-order valence-electron chi connectivity index (χ3n) is 5.22. The summed E-state index contributed by atoms with van der Waals surface area (Å²) in [5, 5.41) is 4.77. The highest BCUT2D eigenvalue weighted by Crippen LogP contribution is 2.43. The van der Waals surface area contributed by atoms with E-state index in [1.54, 1.807) is 12.4 Å². The molecule has 0 radical (unpaired) electrons. The van der Waals surface area contributed by atoms with Gasteiger partial charge in [-0.3, -0.25) is 4.98 Å². The molecule has 4 rings (SSSR count). The maximum atomic E-state index is 6.35. The summed E-state index contributed by atoms with van der Waals surface area (Å²) < 4.78 is 6.35. The molecule has 2 aromatic heterocycles. The van der Waals surface area contributed by atoms with Gasteiger partial charge in [-0.2, -0.15) is 0 Å². The number of nitrogens with zero attached hydrogens (tertiary/aromatic N) is 2. The van der Waals surface area contributed by atoms with Crippen molar-refractivity contribution in [3.05, 3.63) is 46.1 Å². The number of hydrogen-bond donors (Lipinski definition) is 2. The molecule has 1 aliphatic carbocycles. The number of ether oxygens (including phenoxy) is 1. The zero-order chi connectivity index (χ0) is 18.9. The van der Waals surface area contributed by atoms with Crippen LogP contribution in [0.3, 0.4) is 0 Å². The second-order valence-electron chi connectivity index (χ2n) is 7.92. The molecular formula is C21H28N4OS. The zero-order valence-electron chi connectivity index (χ0n) is 16.1. The fraction of sp³-hybridized carbons (Fsp3) is 0.524. The van der Waals surface area contributed by atoms with Gasteiger partial charge in [-0.25, -0.2) is 4.99 Å². The Morgan fingerprint density at radius 1 is 1.26 bits per heavy atom. The van der Waals surface area contributed by atoms with Crippen LogP contribution in [-0.2, 0) is 23.4 Å². The van der Waals surface area contributed by atoms with Crippen LogP contribution in [0, 0.1) is 5.92 Å². The number of fused-ring (bicyclic) bond motifs is 3. The zero-order valence-corrected chi connectivity index (χ0v) is 16.9. The summed E-state index contributed by atoms with van der Waals surface area (Å²) >= 11 is 1.85. The highest BCUT2D eigenvalue weighted by atomic mass is 32.1. The smallest absolute Gasteiger partial charge is 0.265 e. The summed E-state index contributed by atoms with van der Waals surface area (Å²) in [5.74, 6) is -0.392. The minimum absolute atomic E-state index is 0.0151. The van der Waals surface area contributed by atoms with Crippen molar-refractivity contribution in [1.82, 2.24) is 4.98 Å². The van der Waals surface area contributed by atoms with Gasteiger partial charge in [-0.1, -0.05) is 13.8 Å². The Kier molecular flexibility index (Phi) is 5.30. The first-order valence-corrected chi connectivity index (χ1v) is 10.7. The van der Waals surface area contributed by atoms with E-state index in [9.17, 15) is 0 Å². The normalized spacial score (nSPS) is 22.2. The number of rotatable bonds is 6. The lowest BCUT2D eigenvalue weighted by Gasteiger charge is -2.35. The standard InChI is InChI=1S/C21H28N4OS/c1-14(2)11-16(22)13-26-21(15-7-9-23-10-8-15)24-12-18-17-5-3-4-6-19(17)27-20(18)25-21/h7-10,12,14,16,25H,3-6,11,13,22H2,1-2H3/t16-,21?/m0/s1. The topological polar surface area (TPSA) is 72.5 Å². The predicted octanol–water partition coefficient (Wildman–Crippen LogP) is 4.07. The monoisotopic (exact) mass is 384 g/mol. The van der Waals surface area contributed by atoms with Crippen molar-refractivity contribution in [3.8, 4) is 0 Å². The lowest BCUT2D eigenvalue weighted by Crippen LogP contribution is -2.42. The first-order valence-electron chi connectivity index (χ1n) is 9.85. The molecule has 0 amide bonds. The number of nitrogens with one attached hydrogen (secondary N) is 1. The quantitative estimate of drug-likeness (QED) is 0.787. The molecule has 2 aliphatic rings. The Morgan fingerprint density at radius 3 is 2.81 bits per heavy atom. The summed E-state index contributed by atoms with van der Waals surface area (Å²) in [6.07, 6.45) is 11.3. The molecule has 144 valence electrons. The van der Waals surface area contributed by atoms with Crippen LogP contribution in [0.15, 0.2) is 29.5 Å². The molecule has 0 spiro atoms. The average Bonchev–Trinajstić information content (AvgIpc) is 3.04. The van der Waals surface area contributed by atoms with Crippen LogP contribution >= 0.6 is 11.3 Å². The number of anilines is 1. The Bertz CT molecular complexity index is 817. The number of pyridine rings is 1. The van der Waals surface area contributed by atoms with E-state index in [1.165, 1.54) is 35.3 Å². The Hall–Kier alpha value is -1.76. The Balaban J connectivity index is 1.63. The summed E-state index contributed by atoms with van der Waals surface area (Å²) in [4.78, 5) is 10.5. The minimum Gasteiger partial charge on any atom is -0.331 e. The van der Waals surface area contributed by atoms with Crippen LogP contribution in [0.4, 0.5) is 5.00 Å². The van der Waals surface area contributed by atoms with Crippen LogP contribution in [0.5, 0.6) is 0 Å². The van der Waals surface area contributed by atoms with Gasteiger partial charge in [0.05, 0.1) is 6.61 Å². The fourth-order valence-corrected chi connectivity index (χ4v) is 5.25. The van der Waals surface area contributed by atoms with Crippen molar-refractivity contribution in [1.29, 1.82) is 0 Å². The molecule has 1 aliphatic heterocycles. The summed E-state index contributed by atoms with van der Waals surface area (Å²) in [5.41, 5.74) is 9.95. The van der Waals surface area contributed by atoms with Crippen LogP contribution < -0.4 is 11.1 Å². The molecule has 2 atom stereocenters. The first kappa shape index (κ1) is 18.6. The molecule has 0 aromatic carbocycles. The van der Waals surface area contributed by atoms with E-state index in [2.05, 4.69) is 24.1 Å². The highest BCUT2D eigenvalue weighted by molar-refractivity contribution is 7.16. The number of aromatic nitrogens is 1. The molecule has 1 unspecified atom stereocenters. The van der Waals surface area contributed by atoms with Crippen molar-refractivity contribution < 1.29 is 4.74 Å². The molecule has 0 saturated heterocycles. The van der Waals surface area contributed by atoms with Gasteiger partial charge in [0.2, 0.25) is 0 Å². The largest absolute Gasteiger partial charge is 0.331 e. The Morgan fingerprint density at radius 2 is 2.04 bits per heavy atom. The molecule has 6 heteroatoms. The predicted molar refractivity (Wildman–Crippen MR) is 111 cm³/mol. The van der Waals surface area contributed by atoms with E-state index >= 15 is 0 Å². The maximum absolute atomic E-state index is 6.35. The third-order valence-corrected chi connectivity index (χ3v) is 6.45. The van der Waals surface area contributed by atoms with E-state index in [-0.39, 0.29) is 6.04 Å². The van der Waals surface area contributed by atoms with Crippen LogP contribution in [0.25, 0.3) is 0 Å². The summed E-state index contributed by atoms with van der Waals surface area (Å²) in [6, 6.07) is 3.90. The SMILES string of the molecule is CC(C)C[C@H](N)COC1(c2ccncc2)N=Cc2c(sc3c2CCCC3)N1. The van der Waals surface area contributed by atoms with E-state index in [1.807, 2.05) is 29.7 Å². The second kappa shape index (κ2) is 7.70. The Labute approximate surface area is 165 Å². The van der Waals surface area contributed by atoms with Gasteiger partial charge in [0.15, 0.2) is 0 Å². The van der Waals surface area contributed by atoms with E-state index in [0.29, 0.717) is 12.5 Å². The molecule has 0 fully saturated rings. The maximum Gasteiger partial charge on any atom is 0.265 e. The first-order chi connectivity index (χ1) is 13.1. The number of thiophene rings is 1. The number of nitrogens with two attached hydrogens (primary N) is 1. The third kappa shape index (κ3) is 3.79. The number of hydrogen-bond acceptors (Lipinski definition) is 6. The molecular weight excluding hydrogens is 356 g/mol. The lowest BCUT2D eigenvalue weighted by atomic mass is 9.95. The van der Waals surface area contributed by atoms with Crippen molar-refractivity contribution in [3.63, 3.8) is 0 Å².